The molecule has 24 heavy (non-hydrogen) atoms. The molecule has 0 saturated heterocycles. The predicted octanol–water partition coefficient (Wildman–Crippen LogP) is 2.57. The highest BCUT2D eigenvalue weighted by molar-refractivity contribution is 7.18. The van der Waals surface area contributed by atoms with Crippen LogP contribution in [0, 0.1) is 6.92 Å². The van der Waals surface area contributed by atoms with Crippen molar-refractivity contribution >= 4 is 49.7 Å². The molecule has 0 bridgehead atoms. The lowest BCUT2D eigenvalue weighted by Crippen LogP contribution is -2.18. The zero-order valence-electron chi connectivity index (χ0n) is 12.9. The Labute approximate surface area is 139 Å². The van der Waals surface area contributed by atoms with Crippen LogP contribution in [-0.4, -0.2) is 32.5 Å². The largest absolute Gasteiger partial charge is 0.462 e. The summed E-state index contributed by atoms with van der Waals surface area (Å²) in [6.45, 7) is 3.77. The monoisotopic (exact) mass is 340 g/mol. The summed E-state index contributed by atoms with van der Waals surface area (Å²) in [7, 11) is 0. The first-order valence-corrected chi connectivity index (χ1v) is 8.16. The van der Waals surface area contributed by atoms with Gasteiger partial charge in [0, 0.05) is 6.20 Å². The molecule has 0 amide bonds. The summed E-state index contributed by atoms with van der Waals surface area (Å²) in [4.78, 5) is 41.8. The summed E-state index contributed by atoms with van der Waals surface area (Å²) in [6, 6.07) is 3.54. The second-order valence-electron chi connectivity index (χ2n) is 5.19. The van der Waals surface area contributed by atoms with Gasteiger partial charge in [0.15, 0.2) is 10.5 Å². The lowest BCUT2D eigenvalue weighted by Gasteiger charge is -2.05. The van der Waals surface area contributed by atoms with Crippen LogP contribution in [-0.2, 0) is 4.74 Å². The van der Waals surface area contributed by atoms with E-state index in [1.54, 1.807) is 19.1 Å². The van der Waals surface area contributed by atoms with E-state index in [1.807, 2.05) is 6.92 Å². The number of nitrogens with zero attached hydrogens (tertiary/aromatic N) is 3. The number of aryl methyl sites for hydroxylation is 1. The number of H-pyrrole nitrogens is 1. The van der Waals surface area contributed by atoms with E-state index in [0.29, 0.717) is 27.6 Å². The highest BCUT2D eigenvalue weighted by Gasteiger charge is 2.17. The summed E-state index contributed by atoms with van der Waals surface area (Å²) in [6.07, 6.45) is 1.37. The Morgan fingerprint density at radius 3 is 2.92 bits per heavy atom. The topological polar surface area (TPSA) is 97.8 Å². The Morgan fingerprint density at radius 1 is 1.29 bits per heavy atom. The maximum Gasteiger partial charge on any atom is 0.343 e. The molecule has 4 aromatic rings. The molecule has 3 heterocycles. The highest BCUT2D eigenvalue weighted by Crippen LogP contribution is 2.24. The Bertz CT molecular complexity index is 1180. The molecule has 0 spiro atoms. The van der Waals surface area contributed by atoms with E-state index in [4.69, 9.17) is 4.74 Å². The van der Waals surface area contributed by atoms with E-state index in [2.05, 4.69) is 19.9 Å². The summed E-state index contributed by atoms with van der Waals surface area (Å²) >= 11 is 1.45. The number of carbonyl (C=O) groups excluding carboxylic acids is 1. The van der Waals surface area contributed by atoms with Crippen LogP contribution in [0.4, 0.5) is 0 Å². The first kappa shape index (κ1) is 14.7. The van der Waals surface area contributed by atoms with E-state index in [1.165, 1.54) is 17.5 Å². The van der Waals surface area contributed by atoms with Gasteiger partial charge in [-0.25, -0.2) is 19.7 Å². The summed E-state index contributed by atoms with van der Waals surface area (Å²) in [5, 5.41) is 1.17. The molecule has 0 aliphatic carbocycles. The SMILES string of the molecule is CCOC(=O)c1c[nH]c2ccc3nc4sc(C)nc4nc3c2c1=O. The maximum absolute atomic E-state index is 12.8. The molecule has 7 nitrogen and oxygen atoms in total. The number of ether oxygens (including phenoxy) is 1. The van der Waals surface area contributed by atoms with Gasteiger partial charge in [0.05, 0.1) is 28.0 Å². The van der Waals surface area contributed by atoms with Crippen LogP contribution in [0.1, 0.15) is 22.3 Å². The molecule has 4 rings (SSSR count). The number of pyridine rings is 1. The molecule has 0 aliphatic heterocycles. The number of nitrogens with one attached hydrogen (secondary N) is 1. The van der Waals surface area contributed by atoms with Crippen molar-refractivity contribution in [2.24, 2.45) is 0 Å². The van der Waals surface area contributed by atoms with Crippen LogP contribution in [0.5, 0.6) is 0 Å². The third-order valence-electron chi connectivity index (χ3n) is 3.63. The second kappa shape index (κ2) is 5.34. The van der Waals surface area contributed by atoms with Crippen molar-refractivity contribution in [1.82, 2.24) is 19.9 Å². The number of hydrogen-bond donors (Lipinski definition) is 1. The standard InChI is InChI=1S/C16H12N4O3S/c1-3-23-16(22)8-6-17-9-4-5-10-12(11(9)13(8)21)20-14-15(19-10)24-7(2)18-14/h4-6H,3H2,1-2H3,(H,17,21). The van der Waals surface area contributed by atoms with Crippen molar-refractivity contribution in [2.75, 3.05) is 6.61 Å². The Morgan fingerprint density at radius 2 is 2.12 bits per heavy atom. The number of hydrogen-bond acceptors (Lipinski definition) is 7. The van der Waals surface area contributed by atoms with E-state index in [-0.39, 0.29) is 12.2 Å². The lowest BCUT2D eigenvalue weighted by molar-refractivity contribution is 0.0524. The Kier molecular flexibility index (Phi) is 3.27. The normalized spacial score (nSPS) is 11.4. The van der Waals surface area contributed by atoms with E-state index in [0.717, 1.165) is 9.84 Å². The van der Waals surface area contributed by atoms with Gasteiger partial charge in [-0.2, -0.15) is 0 Å². The molecule has 0 saturated carbocycles. The molecule has 8 heteroatoms. The van der Waals surface area contributed by atoms with Crippen LogP contribution in [0.25, 0.3) is 32.4 Å². The third-order valence-corrected chi connectivity index (χ3v) is 4.49. The average molecular weight is 340 g/mol. The summed E-state index contributed by atoms with van der Waals surface area (Å²) < 4.78 is 4.94. The zero-order valence-corrected chi connectivity index (χ0v) is 13.7. The summed E-state index contributed by atoms with van der Waals surface area (Å²) in [5.41, 5.74) is 1.63. The van der Waals surface area contributed by atoms with Crippen molar-refractivity contribution in [3.05, 3.63) is 39.1 Å². The molecule has 0 fully saturated rings. The van der Waals surface area contributed by atoms with Gasteiger partial charge in [-0.3, -0.25) is 4.79 Å². The van der Waals surface area contributed by atoms with E-state index in [9.17, 15) is 9.59 Å². The molecule has 0 radical (unpaired) electrons. The lowest BCUT2D eigenvalue weighted by atomic mass is 10.1. The van der Waals surface area contributed by atoms with Crippen molar-refractivity contribution in [3.8, 4) is 0 Å². The molecule has 3 aromatic heterocycles. The van der Waals surface area contributed by atoms with Gasteiger partial charge in [0.25, 0.3) is 0 Å². The molecule has 0 atom stereocenters. The van der Waals surface area contributed by atoms with Crippen molar-refractivity contribution < 1.29 is 9.53 Å². The van der Waals surface area contributed by atoms with Crippen LogP contribution >= 0.6 is 11.3 Å². The van der Waals surface area contributed by atoms with Crippen LogP contribution in [0.3, 0.4) is 0 Å². The maximum atomic E-state index is 12.8. The molecular formula is C16H12N4O3S. The first-order chi connectivity index (χ1) is 11.6. The Hall–Kier alpha value is -2.87. The van der Waals surface area contributed by atoms with Gasteiger partial charge in [-0.1, -0.05) is 11.3 Å². The van der Waals surface area contributed by atoms with Crippen LogP contribution in [0.15, 0.2) is 23.1 Å². The predicted molar refractivity (Wildman–Crippen MR) is 91.5 cm³/mol. The molecule has 1 aromatic carbocycles. The van der Waals surface area contributed by atoms with Gasteiger partial charge >= 0.3 is 5.97 Å². The molecule has 0 unspecified atom stereocenters. The van der Waals surface area contributed by atoms with Crippen LogP contribution < -0.4 is 5.43 Å². The van der Waals surface area contributed by atoms with Gasteiger partial charge < -0.3 is 9.72 Å². The number of aromatic nitrogens is 4. The van der Waals surface area contributed by atoms with Crippen molar-refractivity contribution in [3.63, 3.8) is 0 Å². The average Bonchev–Trinajstić information content (AvgIpc) is 2.91. The Balaban J connectivity index is 2.11. The minimum Gasteiger partial charge on any atom is -0.462 e. The second-order valence-corrected chi connectivity index (χ2v) is 6.37. The number of esters is 1. The number of rotatable bonds is 2. The fourth-order valence-corrected chi connectivity index (χ4v) is 3.35. The van der Waals surface area contributed by atoms with Gasteiger partial charge in [-0.15, -0.1) is 0 Å². The minimum absolute atomic E-state index is 0.0480. The minimum atomic E-state index is -0.656. The number of thiazole rings is 1. The number of aromatic amines is 1. The zero-order chi connectivity index (χ0) is 16.8. The van der Waals surface area contributed by atoms with Crippen molar-refractivity contribution in [2.45, 2.75) is 13.8 Å². The molecule has 0 aliphatic rings. The fraction of sp³-hybridized carbons (Fsp3) is 0.188. The molecule has 120 valence electrons. The van der Waals surface area contributed by atoms with Gasteiger partial charge in [0.2, 0.25) is 5.43 Å². The number of carbonyl (C=O) groups is 1. The summed E-state index contributed by atoms with van der Waals surface area (Å²) in [5.74, 6) is -0.656. The fourth-order valence-electron chi connectivity index (χ4n) is 2.61. The molecule has 1 N–H and O–H groups in total. The smallest absolute Gasteiger partial charge is 0.343 e. The molecular weight excluding hydrogens is 328 g/mol. The number of fused-ring (bicyclic) bond motifs is 4. The first-order valence-electron chi connectivity index (χ1n) is 7.35. The van der Waals surface area contributed by atoms with Crippen LogP contribution in [0.2, 0.25) is 0 Å². The van der Waals surface area contributed by atoms with Gasteiger partial charge in [0.1, 0.15) is 11.1 Å². The quantitative estimate of drug-likeness (QED) is 0.445. The van der Waals surface area contributed by atoms with E-state index >= 15 is 0 Å². The highest BCUT2D eigenvalue weighted by atomic mass is 32.1. The van der Waals surface area contributed by atoms with Crippen molar-refractivity contribution in [1.29, 1.82) is 0 Å². The third kappa shape index (κ3) is 2.15. The van der Waals surface area contributed by atoms with Gasteiger partial charge in [-0.05, 0) is 26.0 Å². The van der Waals surface area contributed by atoms with E-state index < -0.39 is 11.4 Å². The number of benzene rings is 1.